The summed E-state index contributed by atoms with van der Waals surface area (Å²) in [7, 11) is 0. The number of nitrogens with one attached hydrogen (secondary N) is 2. The molecule has 6 heteroatoms. The molecule has 2 heterocycles. The number of fused-ring (bicyclic) bond motifs is 2. The predicted octanol–water partition coefficient (Wildman–Crippen LogP) is 3.15. The first-order chi connectivity index (χ1) is 10.2. The van der Waals surface area contributed by atoms with E-state index in [0.29, 0.717) is 17.5 Å². The average molecular weight is 291 g/mol. The van der Waals surface area contributed by atoms with E-state index >= 15 is 0 Å². The number of nitro benzene ring substituents is 1. The van der Waals surface area contributed by atoms with Gasteiger partial charge < -0.3 is 15.4 Å². The van der Waals surface area contributed by atoms with Crippen LogP contribution in [0.3, 0.4) is 0 Å². The van der Waals surface area contributed by atoms with Gasteiger partial charge in [-0.15, -0.1) is 0 Å². The second-order valence-electron chi connectivity index (χ2n) is 5.75. The Labute approximate surface area is 124 Å². The van der Waals surface area contributed by atoms with E-state index in [1.807, 2.05) is 13.0 Å². The van der Waals surface area contributed by atoms with Crippen LogP contribution in [-0.2, 0) is 4.74 Å². The van der Waals surface area contributed by atoms with Crippen LogP contribution in [0.4, 0.5) is 17.1 Å². The van der Waals surface area contributed by atoms with Crippen LogP contribution in [0.1, 0.15) is 32.6 Å². The molecule has 114 valence electrons. The largest absolute Gasteiger partial charge is 0.379 e. The number of hydrogen-bond donors (Lipinski definition) is 2. The van der Waals surface area contributed by atoms with Gasteiger partial charge in [-0.1, -0.05) is 13.0 Å². The van der Waals surface area contributed by atoms with Gasteiger partial charge in [0.2, 0.25) is 0 Å². The third kappa shape index (κ3) is 2.81. The number of ether oxygens (including phenoxy) is 1. The van der Waals surface area contributed by atoms with E-state index in [1.54, 1.807) is 12.1 Å². The second-order valence-corrected chi connectivity index (χ2v) is 5.75. The van der Waals surface area contributed by atoms with E-state index in [0.717, 1.165) is 32.2 Å². The van der Waals surface area contributed by atoms with E-state index in [1.165, 1.54) is 0 Å². The summed E-state index contributed by atoms with van der Waals surface area (Å²) in [6, 6.07) is 5.57. The molecule has 2 bridgehead atoms. The van der Waals surface area contributed by atoms with Gasteiger partial charge in [-0.2, -0.15) is 0 Å². The van der Waals surface area contributed by atoms with Crippen LogP contribution in [0.15, 0.2) is 18.2 Å². The monoisotopic (exact) mass is 291 g/mol. The summed E-state index contributed by atoms with van der Waals surface area (Å²) < 4.78 is 5.80. The highest BCUT2D eigenvalue weighted by molar-refractivity contribution is 5.76. The fourth-order valence-corrected chi connectivity index (χ4v) is 3.25. The van der Waals surface area contributed by atoms with Gasteiger partial charge in [0.05, 0.1) is 23.2 Å². The predicted molar refractivity (Wildman–Crippen MR) is 81.8 cm³/mol. The molecule has 21 heavy (non-hydrogen) atoms. The maximum atomic E-state index is 11.4. The van der Waals surface area contributed by atoms with Gasteiger partial charge >= 0.3 is 5.69 Å². The highest BCUT2D eigenvalue weighted by Crippen LogP contribution is 2.39. The number of anilines is 2. The summed E-state index contributed by atoms with van der Waals surface area (Å²) in [6.07, 6.45) is 4.55. The Bertz CT molecular complexity index is 535. The minimum Gasteiger partial charge on any atom is -0.379 e. The van der Waals surface area contributed by atoms with Gasteiger partial charge in [0.25, 0.3) is 0 Å². The lowest BCUT2D eigenvalue weighted by molar-refractivity contribution is -0.383. The molecule has 2 aliphatic rings. The van der Waals surface area contributed by atoms with Crippen molar-refractivity contribution in [2.45, 2.75) is 50.9 Å². The standard InChI is InChI=1S/C15H21N3O3/c1-2-8-16-11-4-3-5-12(15(11)18(19)20)17-13-9-10-6-7-14(13)21-10/h3-5,10,13-14,16-17H,2,6-9H2,1H3. The molecule has 1 aromatic carbocycles. The van der Waals surface area contributed by atoms with Gasteiger partial charge in [-0.3, -0.25) is 10.1 Å². The van der Waals surface area contributed by atoms with Crippen LogP contribution >= 0.6 is 0 Å². The normalized spacial score (nSPS) is 26.8. The quantitative estimate of drug-likeness (QED) is 0.622. The molecule has 2 N–H and O–H groups in total. The van der Waals surface area contributed by atoms with Gasteiger partial charge in [0.1, 0.15) is 11.4 Å². The van der Waals surface area contributed by atoms with Crippen molar-refractivity contribution in [3.8, 4) is 0 Å². The summed E-state index contributed by atoms with van der Waals surface area (Å²) in [4.78, 5) is 11.1. The number of hydrogen-bond acceptors (Lipinski definition) is 5. The molecule has 1 aromatic rings. The SMILES string of the molecule is CCCNc1cccc(NC2CC3CCC2O3)c1[N+](=O)[O-]. The summed E-state index contributed by atoms with van der Waals surface area (Å²) in [5.41, 5.74) is 1.30. The van der Waals surface area contributed by atoms with E-state index in [2.05, 4.69) is 10.6 Å². The second kappa shape index (κ2) is 5.89. The number of para-hydroxylation sites is 1. The molecule has 3 rings (SSSR count). The van der Waals surface area contributed by atoms with Crippen molar-refractivity contribution in [1.29, 1.82) is 0 Å². The lowest BCUT2D eigenvalue weighted by Gasteiger charge is -2.21. The molecule has 3 atom stereocenters. The van der Waals surface area contributed by atoms with Crippen molar-refractivity contribution in [1.82, 2.24) is 0 Å². The maximum Gasteiger partial charge on any atom is 0.315 e. The molecule has 2 saturated heterocycles. The van der Waals surface area contributed by atoms with Crippen molar-refractivity contribution < 1.29 is 9.66 Å². The average Bonchev–Trinajstić information content (AvgIpc) is 3.07. The molecule has 0 saturated carbocycles. The first-order valence-corrected chi connectivity index (χ1v) is 7.62. The van der Waals surface area contributed by atoms with Gasteiger partial charge in [-0.05, 0) is 37.8 Å². The van der Waals surface area contributed by atoms with E-state index in [4.69, 9.17) is 4.74 Å². The van der Waals surface area contributed by atoms with Crippen molar-refractivity contribution in [2.75, 3.05) is 17.2 Å². The molecule has 0 aromatic heterocycles. The van der Waals surface area contributed by atoms with Crippen LogP contribution in [-0.4, -0.2) is 29.7 Å². The van der Waals surface area contributed by atoms with Crippen LogP contribution < -0.4 is 10.6 Å². The summed E-state index contributed by atoms with van der Waals surface area (Å²) >= 11 is 0. The van der Waals surface area contributed by atoms with Crippen molar-refractivity contribution in [3.63, 3.8) is 0 Å². The first-order valence-electron chi connectivity index (χ1n) is 7.62. The number of nitro groups is 1. The van der Waals surface area contributed by atoms with E-state index in [-0.39, 0.29) is 22.8 Å². The molecule has 2 fully saturated rings. The molecule has 0 spiro atoms. The number of benzene rings is 1. The topological polar surface area (TPSA) is 76.4 Å². The molecule has 6 nitrogen and oxygen atoms in total. The Morgan fingerprint density at radius 3 is 2.81 bits per heavy atom. The smallest absolute Gasteiger partial charge is 0.315 e. The minimum absolute atomic E-state index is 0.133. The molecule has 0 amide bonds. The number of nitrogens with zero attached hydrogens (tertiary/aromatic N) is 1. The maximum absolute atomic E-state index is 11.4. The minimum atomic E-state index is -0.311. The highest BCUT2D eigenvalue weighted by Gasteiger charge is 2.41. The van der Waals surface area contributed by atoms with Crippen LogP contribution in [0, 0.1) is 10.1 Å². The van der Waals surface area contributed by atoms with Gasteiger partial charge in [-0.25, -0.2) is 0 Å². The third-order valence-corrected chi connectivity index (χ3v) is 4.23. The van der Waals surface area contributed by atoms with Crippen LogP contribution in [0.25, 0.3) is 0 Å². The van der Waals surface area contributed by atoms with Gasteiger partial charge in [0, 0.05) is 6.54 Å². The molecular formula is C15H21N3O3. The number of rotatable bonds is 6. The summed E-state index contributed by atoms with van der Waals surface area (Å²) in [5, 5.41) is 17.9. The van der Waals surface area contributed by atoms with E-state index in [9.17, 15) is 10.1 Å². The van der Waals surface area contributed by atoms with Crippen molar-refractivity contribution in [2.24, 2.45) is 0 Å². The Hall–Kier alpha value is -1.82. The van der Waals surface area contributed by atoms with Crippen LogP contribution in [0.5, 0.6) is 0 Å². The zero-order chi connectivity index (χ0) is 14.8. The lowest BCUT2D eigenvalue weighted by Crippen LogP contribution is -2.30. The van der Waals surface area contributed by atoms with Crippen molar-refractivity contribution >= 4 is 17.1 Å². The fraction of sp³-hybridized carbons (Fsp3) is 0.600. The van der Waals surface area contributed by atoms with Gasteiger partial charge in [0.15, 0.2) is 0 Å². The zero-order valence-electron chi connectivity index (χ0n) is 12.2. The van der Waals surface area contributed by atoms with Crippen molar-refractivity contribution in [3.05, 3.63) is 28.3 Å². The van der Waals surface area contributed by atoms with E-state index < -0.39 is 0 Å². The molecule has 0 aliphatic carbocycles. The Kier molecular flexibility index (Phi) is 3.96. The lowest BCUT2D eigenvalue weighted by atomic mass is 9.95. The summed E-state index contributed by atoms with van der Waals surface area (Å²) in [6.45, 7) is 2.76. The molecule has 0 radical (unpaired) electrons. The first kappa shape index (κ1) is 14.1. The Morgan fingerprint density at radius 2 is 2.19 bits per heavy atom. The fourth-order valence-electron chi connectivity index (χ4n) is 3.25. The van der Waals surface area contributed by atoms with Crippen LogP contribution in [0.2, 0.25) is 0 Å². The highest BCUT2D eigenvalue weighted by atomic mass is 16.6. The third-order valence-electron chi connectivity index (χ3n) is 4.23. The zero-order valence-corrected chi connectivity index (χ0v) is 12.2. The Balaban J connectivity index is 1.82. The molecule has 2 aliphatic heterocycles. The Morgan fingerprint density at radius 1 is 1.38 bits per heavy atom. The summed E-state index contributed by atoms with van der Waals surface area (Å²) in [5.74, 6) is 0. The molecular weight excluding hydrogens is 270 g/mol. The molecule has 3 unspecified atom stereocenters.